The van der Waals surface area contributed by atoms with Gasteiger partial charge in [-0.25, -0.2) is 0 Å². The van der Waals surface area contributed by atoms with E-state index in [-0.39, 0.29) is 23.6 Å². The number of ketones is 1. The third-order valence-electron chi connectivity index (χ3n) is 4.92. The standard InChI is InChI=1S/C20H24O3/c1-2-23-20(22)18-13-17(18)19(21)11-10-14-6-5-9-16(12-14)15-7-3-4-8-15/h5-6,9-12,15,17-18H,2-4,7-8,13H2,1H3/b11-10+/t17-,18-/m0/s1. The minimum absolute atomic E-state index is 0.0364. The van der Waals surface area contributed by atoms with Crippen molar-refractivity contribution in [3.05, 3.63) is 41.5 Å². The van der Waals surface area contributed by atoms with Crippen LogP contribution in [0.4, 0.5) is 0 Å². The van der Waals surface area contributed by atoms with E-state index in [1.54, 1.807) is 13.0 Å². The summed E-state index contributed by atoms with van der Waals surface area (Å²) in [5.41, 5.74) is 2.45. The second kappa shape index (κ2) is 7.12. The van der Waals surface area contributed by atoms with Crippen molar-refractivity contribution in [2.75, 3.05) is 6.61 Å². The van der Waals surface area contributed by atoms with Crippen molar-refractivity contribution in [3.63, 3.8) is 0 Å². The van der Waals surface area contributed by atoms with E-state index in [0.29, 0.717) is 18.9 Å². The van der Waals surface area contributed by atoms with Crippen LogP contribution >= 0.6 is 0 Å². The molecule has 2 fully saturated rings. The molecule has 0 N–H and O–H groups in total. The Morgan fingerprint density at radius 2 is 2.00 bits per heavy atom. The van der Waals surface area contributed by atoms with Crippen LogP contribution in [0.3, 0.4) is 0 Å². The summed E-state index contributed by atoms with van der Waals surface area (Å²) in [6.07, 6.45) is 9.31. The molecule has 2 atom stereocenters. The summed E-state index contributed by atoms with van der Waals surface area (Å²) in [5.74, 6) is 0.0766. The number of ether oxygens (including phenoxy) is 1. The number of rotatable bonds is 6. The molecule has 3 nitrogen and oxygen atoms in total. The molecule has 3 heteroatoms. The Hall–Kier alpha value is -1.90. The third kappa shape index (κ3) is 3.90. The second-order valence-corrected chi connectivity index (χ2v) is 6.59. The zero-order chi connectivity index (χ0) is 16.2. The van der Waals surface area contributed by atoms with Crippen LogP contribution in [0.25, 0.3) is 6.08 Å². The van der Waals surface area contributed by atoms with E-state index >= 15 is 0 Å². The first-order valence-corrected chi connectivity index (χ1v) is 8.67. The van der Waals surface area contributed by atoms with Crippen molar-refractivity contribution in [2.24, 2.45) is 11.8 Å². The van der Waals surface area contributed by atoms with Crippen LogP contribution in [0.15, 0.2) is 30.3 Å². The summed E-state index contributed by atoms with van der Waals surface area (Å²) in [5, 5.41) is 0. The fraction of sp³-hybridized carbons (Fsp3) is 0.500. The highest BCUT2D eigenvalue weighted by atomic mass is 16.5. The minimum atomic E-state index is -0.234. The normalized spacial score (nSPS) is 24.0. The minimum Gasteiger partial charge on any atom is -0.466 e. The van der Waals surface area contributed by atoms with Gasteiger partial charge in [0.2, 0.25) is 0 Å². The highest BCUT2D eigenvalue weighted by molar-refractivity contribution is 6.00. The van der Waals surface area contributed by atoms with E-state index < -0.39 is 0 Å². The third-order valence-corrected chi connectivity index (χ3v) is 4.92. The molecule has 2 aliphatic rings. The molecular weight excluding hydrogens is 288 g/mol. The first-order valence-electron chi connectivity index (χ1n) is 8.67. The first-order chi connectivity index (χ1) is 11.2. The van der Waals surface area contributed by atoms with Crippen LogP contribution in [-0.4, -0.2) is 18.4 Å². The SMILES string of the molecule is CCOC(=O)[C@H]1C[C@@H]1C(=O)/C=C/c1cccc(C2CCCC2)c1. The topological polar surface area (TPSA) is 43.4 Å². The van der Waals surface area contributed by atoms with Gasteiger partial charge in [-0.05, 0) is 49.3 Å². The van der Waals surface area contributed by atoms with Crippen molar-refractivity contribution in [1.82, 2.24) is 0 Å². The molecule has 2 saturated carbocycles. The molecule has 0 bridgehead atoms. The maximum Gasteiger partial charge on any atom is 0.309 e. The molecule has 0 saturated heterocycles. The highest BCUT2D eigenvalue weighted by Crippen LogP contribution is 2.40. The summed E-state index contributed by atoms with van der Waals surface area (Å²) in [6.45, 7) is 2.16. The Kier molecular flexibility index (Phi) is 4.94. The van der Waals surface area contributed by atoms with Gasteiger partial charge in [-0.3, -0.25) is 9.59 Å². The van der Waals surface area contributed by atoms with Gasteiger partial charge >= 0.3 is 5.97 Å². The lowest BCUT2D eigenvalue weighted by atomic mass is 9.96. The zero-order valence-corrected chi connectivity index (χ0v) is 13.7. The van der Waals surface area contributed by atoms with E-state index in [4.69, 9.17) is 4.74 Å². The highest BCUT2D eigenvalue weighted by Gasteiger charge is 2.47. The van der Waals surface area contributed by atoms with Gasteiger partial charge in [0.15, 0.2) is 5.78 Å². The smallest absolute Gasteiger partial charge is 0.309 e. The van der Waals surface area contributed by atoms with E-state index in [9.17, 15) is 9.59 Å². The average molecular weight is 312 g/mol. The number of allylic oxidation sites excluding steroid dienone is 1. The van der Waals surface area contributed by atoms with Gasteiger partial charge < -0.3 is 4.74 Å². The maximum atomic E-state index is 12.1. The van der Waals surface area contributed by atoms with Crippen LogP contribution in [0.2, 0.25) is 0 Å². The Balaban J connectivity index is 1.59. The van der Waals surface area contributed by atoms with Crippen LogP contribution in [-0.2, 0) is 14.3 Å². The molecule has 1 aromatic rings. The molecule has 0 spiro atoms. The molecule has 2 aliphatic carbocycles. The lowest BCUT2D eigenvalue weighted by Gasteiger charge is -2.09. The van der Waals surface area contributed by atoms with Gasteiger partial charge in [0.05, 0.1) is 12.5 Å². The fourth-order valence-electron chi connectivity index (χ4n) is 3.50. The monoisotopic (exact) mass is 312 g/mol. The zero-order valence-electron chi connectivity index (χ0n) is 13.7. The van der Waals surface area contributed by atoms with Crippen molar-refractivity contribution in [2.45, 2.75) is 44.9 Å². The fourth-order valence-corrected chi connectivity index (χ4v) is 3.50. The molecule has 122 valence electrons. The van der Waals surface area contributed by atoms with Crippen molar-refractivity contribution in [3.8, 4) is 0 Å². The summed E-state index contributed by atoms with van der Waals surface area (Å²) in [4.78, 5) is 23.7. The predicted octanol–water partition coefficient (Wildman–Crippen LogP) is 4.13. The molecular formula is C20H24O3. The van der Waals surface area contributed by atoms with Crippen LogP contribution < -0.4 is 0 Å². The van der Waals surface area contributed by atoms with Gasteiger partial charge in [-0.2, -0.15) is 0 Å². The van der Waals surface area contributed by atoms with Crippen molar-refractivity contribution < 1.29 is 14.3 Å². The van der Waals surface area contributed by atoms with Crippen LogP contribution in [0, 0.1) is 11.8 Å². The Bertz CT molecular complexity index is 611. The molecule has 0 heterocycles. The van der Waals surface area contributed by atoms with Crippen molar-refractivity contribution >= 4 is 17.8 Å². The molecule has 1 aromatic carbocycles. The summed E-state index contributed by atoms with van der Waals surface area (Å²) in [7, 11) is 0. The Labute approximate surface area is 137 Å². The van der Waals surface area contributed by atoms with E-state index in [1.807, 2.05) is 12.1 Å². The molecule has 0 unspecified atom stereocenters. The number of esters is 1. The predicted molar refractivity (Wildman–Crippen MR) is 89.9 cm³/mol. The maximum absolute atomic E-state index is 12.1. The summed E-state index contributed by atoms with van der Waals surface area (Å²) >= 11 is 0. The first kappa shape index (κ1) is 16.0. The van der Waals surface area contributed by atoms with Crippen LogP contribution in [0.1, 0.15) is 56.1 Å². The lowest BCUT2D eigenvalue weighted by molar-refractivity contribution is -0.145. The Morgan fingerprint density at radius 3 is 2.74 bits per heavy atom. The number of hydrogen-bond acceptors (Lipinski definition) is 3. The largest absolute Gasteiger partial charge is 0.466 e. The molecule has 0 amide bonds. The van der Waals surface area contributed by atoms with Gasteiger partial charge in [-0.1, -0.05) is 43.2 Å². The van der Waals surface area contributed by atoms with Gasteiger partial charge in [0.1, 0.15) is 0 Å². The molecule has 0 aromatic heterocycles. The van der Waals surface area contributed by atoms with Crippen LogP contribution in [0.5, 0.6) is 0 Å². The van der Waals surface area contributed by atoms with Crippen molar-refractivity contribution in [1.29, 1.82) is 0 Å². The number of benzene rings is 1. The summed E-state index contributed by atoms with van der Waals surface area (Å²) in [6, 6.07) is 8.47. The molecule has 23 heavy (non-hydrogen) atoms. The number of carbonyl (C=O) groups is 2. The molecule has 0 aliphatic heterocycles. The average Bonchev–Trinajstić information content (AvgIpc) is 3.18. The quantitative estimate of drug-likeness (QED) is 0.586. The van der Waals surface area contributed by atoms with E-state index in [1.165, 1.54) is 31.2 Å². The number of hydrogen-bond donors (Lipinski definition) is 0. The molecule has 0 radical (unpaired) electrons. The molecule has 3 rings (SSSR count). The Morgan fingerprint density at radius 1 is 1.22 bits per heavy atom. The van der Waals surface area contributed by atoms with Gasteiger partial charge in [0, 0.05) is 5.92 Å². The van der Waals surface area contributed by atoms with E-state index in [2.05, 4.69) is 18.2 Å². The number of carbonyl (C=O) groups excluding carboxylic acids is 2. The summed E-state index contributed by atoms with van der Waals surface area (Å²) < 4.78 is 4.97. The van der Waals surface area contributed by atoms with Gasteiger partial charge in [-0.15, -0.1) is 0 Å². The lowest BCUT2D eigenvalue weighted by Crippen LogP contribution is -2.10. The van der Waals surface area contributed by atoms with E-state index in [0.717, 1.165) is 5.56 Å². The second-order valence-electron chi connectivity index (χ2n) is 6.59. The van der Waals surface area contributed by atoms with Gasteiger partial charge in [0.25, 0.3) is 0 Å².